The number of halogens is 2. The molecule has 0 radical (unpaired) electrons. The van der Waals surface area contributed by atoms with Crippen LogP contribution in [0.5, 0.6) is 5.75 Å². The smallest absolute Gasteiger partial charge is 0.321 e. The van der Waals surface area contributed by atoms with Crippen LogP contribution in [-0.2, 0) is 4.79 Å². The highest BCUT2D eigenvalue weighted by Crippen LogP contribution is 2.61. The second kappa shape index (κ2) is 3.90. The lowest BCUT2D eigenvalue weighted by Crippen LogP contribution is -2.45. The van der Waals surface area contributed by atoms with Crippen molar-refractivity contribution >= 4 is 5.97 Å². The van der Waals surface area contributed by atoms with Crippen molar-refractivity contribution in [2.75, 3.05) is 6.61 Å². The van der Waals surface area contributed by atoms with Crippen LogP contribution in [0.1, 0.15) is 24.3 Å². The van der Waals surface area contributed by atoms with Crippen LogP contribution in [0, 0.1) is 17.0 Å². The lowest BCUT2D eigenvalue weighted by atomic mass is 9.76. The van der Waals surface area contributed by atoms with Gasteiger partial charge >= 0.3 is 5.97 Å². The third kappa shape index (κ3) is 1.78. The van der Waals surface area contributed by atoms with Crippen molar-refractivity contribution in [1.29, 1.82) is 0 Å². The van der Waals surface area contributed by atoms with Gasteiger partial charge in [0.15, 0.2) is 0 Å². The van der Waals surface area contributed by atoms with Gasteiger partial charge in [0.2, 0.25) is 0 Å². The Labute approximate surface area is 108 Å². The van der Waals surface area contributed by atoms with E-state index in [0.29, 0.717) is 0 Å². The molecule has 1 aliphatic carbocycles. The molecule has 1 aromatic carbocycles. The standard InChI is InChI=1S/C13H13F2NO3/c14-6-3-7(15)9-8(4-6)19-5-13(1-2-13)10(9)11(16)12(17)18/h3-4,10-11H,1-2,5,16H2,(H,17,18)/t10?,11-/m0/s1. The summed E-state index contributed by atoms with van der Waals surface area (Å²) in [5, 5.41) is 9.10. The number of hydrogen-bond acceptors (Lipinski definition) is 3. The van der Waals surface area contributed by atoms with Crippen LogP contribution in [0.15, 0.2) is 12.1 Å². The first-order chi connectivity index (χ1) is 8.94. The first kappa shape index (κ1) is 12.3. The van der Waals surface area contributed by atoms with E-state index in [1.807, 2.05) is 0 Å². The molecule has 102 valence electrons. The largest absolute Gasteiger partial charge is 0.492 e. The van der Waals surface area contributed by atoms with Gasteiger partial charge in [-0.1, -0.05) is 0 Å². The van der Waals surface area contributed by atoms with Crippen LogP contribution < -0.4 is 10.5 Å². The summed E-state index contributed by atoms with van der Waals surface area (Å²) in [6.07, 6.45) is 1.49. The molecule has 0 bridgehead atoms. The van der Waals surface area contributed by atoms with Crippen molar-refractivity contribution in [1.82, 2.24) is 0 Å². The summed E-state index contributed by atoms with van der Waals surface area (Å²) in [5.41, 5.74) is 5.40. The van der Waals surface area contributed by atoms with E-state index in [0.717, 1.165) is 25.0 Å². The zero-order valence-corrected chi connectivity index (χ0v) is 10.0. The van der Waals surface area contributed by atoms with E-state index >= 15 is 0 Å². The maximum Gasteiger partial charge on any atom is 0.321 e. The second-order valence-electron chi connectivity index (χ2n) is 5.29. The van der Waals surface area contributed by atoms with Crippen molar-refractivity contribution in [2.24, 2.45) is 11.1 Å². The highest BCUT2D eigenvalue weighted by Gasteiger charge is 2.57. The Morgan fingerprint density at radius 3 is 2.74 bits per heavy atom. The molecule has 0 aromatic heterocycles. The first-order valence-electron chi connectivity index (χ1n) is 6.05. The Morgan fingerprint density at radius 1 is 1.47 bits per heavy atom. The number of rotatable bonds is 2. The van der Waals surface area contributed by atoms with Gasteiger partial charge in [-0.3, -0.25) is 4.79 Å². The van der Waals surface area contributed by atoms with Crippen molar-refractivity contribution in [3.8, 4) is 5.75 Å². The van der Waals surface area contributed by atoms with Gasteiger partial charge in [-0.05, 0) is 12.8 Å². The predicted octanol–water partition coefficient (Wildman–Crippen LogP) is 1.63. The molecule has 1 unspecified atom stereocenters. The summed E-state index contributed by atoms with van der Waals surface area (Å²) in [7, 11) is 0. The summed E-state index contributed by atoms with van der Waals surface area (Å²) in [4.78, 5) is 11.1. The molecule has 0 saturated heterocycles. The third-order valence-electron chi connectivity index (χ3n) is 4.08. The van der Waals surface area contributed by atoms with Crippen LogP contribution in [0.25, 0.3) is 0 Å². The van der Waals surface area contributed by atoms with Gasteiger partial charge in [-0.15, -0.1) is 0 Å². The molecule has 1 aliphatic heterocycles. The monoisotopic (exact) mass is 269 g/mol. The first-order valence-corrected chi connectivity index (χ1v) is 6.05. The van der Waals surface area contributed by atoms with Crippen LogP contribution in [0.4, 0.5) is 8.78 Å². The van der Waals surface area contributed by atoms with Crippen molar-refractivity contribution < 1.29 is 23.4 Å². The number of nitrogens with two attached hydrogens (primary N) is 1. The maximum absolute atomic E-state index is 14.0. The molecule has 19 heavy (non-hydrogen) atoms. The topological polar surface area (TPSA) is 72.6 Å². The van der Waals surface area contributed by atoms with Gasteiger partial charge in [0.25, 0.3) is 0 Å². The fraction of sp³-hybridized carbons (Fsp3) is 0.462. The fourth-order valence-electron chi connectivity index (χ4n) is 2.92. The van der Waals surface area contributed by atoms with E-state index in [1.54, 1.807) is 0 Å². The molecule has 1 spiro atoms. The fourth-order valence-corrected chi connectivity index (χ4v) is 2.92. The van der Waals surface area contributed by atoms with E-state index in [1.165, 1.54) is 0 Å². The van der Waals surface area contributed by atoms with E-state index < -0.39 is 35.0 Å². The lowest BCUT2D eigenvalue weighted by Gasteiger charge is -2.36. The maximum atomic E-state index is 14.0. The molecule has 1 saturated carbocycles. The number of carbonyl (C=O) groups is 1. The lowest BCUT2D eigenvalue weighted by molar-refractivity contribution is -0.139. The minimum absolute atomic E-state index is 0.0664. The number of aliphatic carboxylic acids is 1. The Hall–Kier alpha value is -1.69. The Balaban J connectivity index is 2.14. The summed E-state index contributed by atoms with van der Waals surface area (Å²) in [6.45, 7) is 0.258. The van der Waals surface area contributed by atoms with E-state index in [-0.39, 0.29) is 17.9 Å². The molecule has 1 fully saturated rings. The van der Waals surface area contributed by atoms with Crippen molar-refractivity contribution in [3.05, 3.63) is 29.3 Å². The van der Waals surface area contributed by atoms with Gasteiger partial charge in [0.1, 0.15) is 23.4 Å². The highest BCUT2D eigenvalue weighted by atomic mass is 19.1. The zero-order valence-electron chi connectivity index (χ0n) is 10.0. The van der Waals surface area contributed by atoms with Crippen molar-refractivity contribution in [2.45, 2.75) is 24.8 Å². The number of benzene rings is 1. The van der Waals surface area contributed by atoms with Crippen LogP contribution in [-0.4, -0.2) is 23.7 Å². The third-order valence-corrected chi connectivity index (χ3v) is 4.08. The van der Waals surface area contributed by atoms with Gasteiger partial charge in [-0.25, -0.2) is 8.78 Å². The number of hydrogen-bond donors (Lipinski definition) is 2. The van der Waals surface area contributed by atoms with E-state index in [2.05, 4.69) is 0 Å². The van der Waals surface area contributed by atoms with Gasteiger partial charge in [-0.2, -0.15) is 0 Å². The van der Waals surface area contributed by atoms with Gasteiger partial charge in [0, 0.05) is 29.0 Å². The normalized spacial score (nSPS) is 24.5. The predicted molar refractivity (Wildman–Crippen MR) is 61.9 cm³/mol. The minimum Gasteiger partial charge on any atom is -0.492 e. The zero-order chi connectivity index (χ0) is 13.8. The molecular weight excluding hydrogens is 256 g/mol. The number of fused-ring (bicyclic) bond motifs is 1. The summed E-state index contributed by atoms with van der Waals surface area (Å²) < 4.78 is 32.6. The molecule has 1 heterocycles. The van der Waals surface area contributed by atoms with Crippen LogP contribution in [0.3, 0.4) is 0 Å². The quantitative estimate of drug-likeness (QED) is 0.856. The average Bonchev–Trinajstić information content (AvgIpc) is 3.09. The second-order valence-corrected chi connectivity index (χ2v) is 5.29. The van der Waals surface area contributed by atoms with E-state index in [4.69, 9.17) is 15.6 Å². The molecule has 3 N–H and O–H groups in total. The molecule has 2 aliphatic rings. The Bertz CT molecular complexity index is 557. The van der Waals surface area contributed by atoms with Crippen molar-refractivity contribution in [3.63, 3.8) is 0 Å². The summed E-state index contributed by atoms with van der Waals surface area (Å²) >= 11 is 0. The van der Waals surface area contributed by atoms with E-state index in [9.17, 15) is 13.6 Å². The molecule has 6 heteroatoms. The minimum atomic E-state index is -1.22. The highest BCUT2D eigenvalue weighted by molar-refractivity contribution is 5.75. The SMILES string of the molecule is N[C@H](C(=O)O)C1c2c(F)cc(F)cc2OCC12CC2. The molecule has 2 atom stereocenters. The molecule has 3 rings (SSSR count). The Morgan fingerprint density at radius 2 is 2.16 bits per heavy atom. The van der Waals surface area contributed by atoms with Gasteiger partial charge in [0.05, 0.1) is 6.61 Å². The molecular formula is C13H13F2NO3. The Kier molecular flexibility index (Phi) is 2.53. The molecule has 4 nitrogen and oxygen atoms in total. The molecule has 1 aromatic rings. The summed E-state index contributed by atoms with van der Waals surface area (Å²) in [5.74, 6) is -3.33. The summed E-state index contributed by atoms with van der Waals surface area (Å²) in [6, 6.07) is 0.602. The van der Waals surface area contributed by atoms with Crippen LogP contribution >= 0.6 is 0 Å². The molecule has 0 amide bonds. The number of carboxylic acid groups (broad SMARTS) is 1. The number of ether oxygens (including phenoxy) is 1. The average molecular weight is 269 g/mol. The number of carboxylic acids is 1. The van der Waals surface area contributed by atoms with Crippen LogP contribution in [0.2, 0.25) is 0 Å². The van der Waals surface area contributed by atoms with Gasteiger partial charge < -0.3 is 15.6 Å².